The number of hydrogen-bond acceptors (Lipinski definition) is 3. The van der Waals surface area contributed by atoms with E-state index < -0.39 is 0 Å². The topological polar surface area (TPSA) is 44.5 Å². The summed E-state index contributed by atoms with van der Waals surface area (Å²) in [7, 11) is 0. The molecule has 1 aromatic rings. The number of para-hydroxylation sites is 1. The highest BCUT2D eigenvalue weighted by molar-refractivity contribution is 5.41. The summed E-state index contributed by atoms with van der Waals surface area (Å²) < 4.78 is 12.4. The molecule has 0 aromatic heterocycles. The van der Waals surface area contributed by atoms with Crippen molar-refractivity contribution in [3.8, 4) is 5.75 Å². The van der Waals surface area contributed by atoms with Crippen LogP contribution in [0.4, 0.5) is 0 Å². The first-order valence-corrected chi connectivity index (χ1v) is 8.32. The number of ether oxygens (including phenoxy) is 2. The zero-order valence-corrected chi connectivity index (χ0v) is 13.1. The Bertz CT molecular complexity index is 480. The van der Waals surface area contributed by atoms with Crippen molar-refractivity contribution < 1.29 is 9.47 Å². The highest BCUT2D eigenvalue weighted by Crippen LogP contribution is 2.43. The molecule has 1 spiro atoms. The molecule has 1 aliphatic heterocycles. The third-order valence-corrected chi connectivity index (χ3v) is 4.97. The monoisotopic (exact) mass is 289 g/mol. The summed E-state index contributed by atoms with van der Waals surface area (Å²) in [5.74, 6) is 1.01. The molecular formula is C18H27NO2. The largest absolute Gasteiger partial charge is 0.490 e. The quantitative estimate of drug-likeness (QED) is 0.904. The van der Waals surface area contributed by atoms with Crippen LogP contribution in [0.1, 0.15) is 49.7 Å². The van der Waals surface area contributed by atoms with E-state index in [0.29, 0.717) is 13.2 Å². The second kappa shape index (κ2) is 6.37. The number of benzene rings is 1. The number of rotatable bonds is 5. The summed E-state index contributed by atoms with van der Waals surface area (Å²) in [6.45, 7) is 3.43. The average Bonchev–Trinajstić information content (AvgIpc) is 3.09. The Labute approximate surface area is 127 Å². The van der Waals surface area contributed by atoms with Crippen LogP contribution in [0.2, 0.25) is 0 Å². The van der Waals surface area contributed by atoms with Crippen molar-refractivity contribution in [3.63, 3.8) is 0 Å². The van der Waals surface area contributed by atoms with E-state index in [1.165, 1.54) is 43.2 Å². The summed E-state index contributed by atoms with van der Waals surface area (Å²) in [5, 5.41) is 0. The van der Waals surface area contributed by atoms with Crippen molar-refractivity contribution in [1.82, 2.24) is 0 Å². The molecule has 1 heterocycles. The molecule has 0 bridgehead atoms. The van der Waals surface area contributed by atoms with Gasteiger partial charge >= 0.3 is 0 Å². The minimum atomic E-state index is 0.194. The first-order chi connectivity index (χ1) is 10.2. The summed E-state index contributed by atoms with van der Waals surface area (Å²) in [5.41, 5.74) is 8.29. The highest BCUT2D eigenvalue weighted by Gasteiger charge is 2.42. The van der Waals surface area contributed by atoms with Gasteiger partial charge in [-0.2, -0.15) is 0 Å². The van der Waals surface area contributed by atoms with Gasteiger partial charge in [0.2, 0.25) is 0 Å². The van der Waals surface area contributed by atoms with Gasteiger partial charge < -0.3 is 15.2 Å². The van der Waals surface area contributed by atoms with Crippen LogP contribution in [0, 0.1) is 6.92 Å². The lowest BCUT2D eigenvalue weighted by molar-refractivity contribution is -0.0510. The van der Waals surface area contributed by atoms with Crippen LogP contribution < -0.4 is 10.5 Å². The molecule has 21 heavy (non-hydrogen) atoms. The summed E-state index contributed by atoms with van der Waals surface area (Å²) in [6, 6.07) is 6.29. The summed E-state index contributed by atoms with van der Waals surface area (Å²) in [4.78, 5) is 0. The van der Waals surface area contributed by atoms with Gasteiger partial charge in [0.05, 0.1) is 11.7 Å². The van der Waals surface area contributed by atoms with Crippen LogP contribution >= 0.6 is 0 Å². The van der Waals surface area contributed by atoms with Crippen molar-refractivity contribution in [1.29, 1.82) is 0 Å². The lowest BCUT2D eigenvalue weighted by atomic mass is 9.98. The van der Waals surface area contributed by atoms with Crippen LogP contribution in [-0.2, 0) is 11.2 Å². The lowest BCUT2D eigenvalue weighted by Gasteiger charge is -2.24. The third kappa shape index (κ3) is 3.24. The number of nitrogens with two attached hydrogens (primary N) is 1. The first kappa shape index (κ1) is 14.9. The highest BCUT2D eigenvalue weighted by atomic mass is 16.6. The van der Waals surface area contributed by atoms with Crippen molar-refractivity contribution in [2.24, 2.45) is 5.73 Å². The molecule has 3 heteroatoms. The maximum atomic E-state index is 6.32. The van der Waals surface area contributed by atoms with Gasteiger partial charge in [0.25, 0.3) is 0 Å². The van der Waals surface area contributed by atoms with Gasteiger partial charge in [0, 0.05) is 0 Å². The Kier molecular flexibility index (Phi) is 4.51. The van der Waals surface area contributed by atoms with E-state index in [1.807, 2.05) is 0 Å². The van der Waals surface area contributed by atoms with Crippen LogP contribution in [0.5, 0.6) is 5.75 Å². The van der Waals surface area contributed by atoms with E-state index in [1.54, 1.807) is 0 Å². The van der Waals surface area contributed by atoms with Crippen molar-refractivity contribution in [2.45, 2.75) is 63.6 Å². The fraction of sp³-hybridized carbons (Fsp3) is 0.667. The molecule has 1 saturated carbocycles. The first-order valence-electron chi connectivity index (χ1n) is 8.32. The molecule has 3 rings (SSSR count). The molecule has 3 nitrogen and oxygen atoms in total. The third-order valence-electron chi connectivity index (χ3n) is 4.97. The van der Waals surface area contributed by atoms with Gasteiger partial charge in [-0.1, -0.05) is 31.0 Å². The smallest absolute Gasteiger partial charge is 0.125 e. The minimum absolute atomic E-state index is 0.194. The molecule has 2 aliphatic rings. The molecule has 2 fully saturated rings. The normalized spacial score (nSPS) is 23.8. The predicted molar refractivity (Wildman–Crippen MR) is 84.7 cm³/mol. The Hall–Kier alpha value is -1.06. The van der Waals surface area contributed by atoms with Crippen molar-refractivity contribution in [2.75, 3.05) is 13.2 Å². The average molecular weight is 289 g/mol. The Morgan fingerprint density at radius 1 is 1.29 bits per heavy atom. The van der Waals surface area contributed by atoms with E-state index >= 15 is 0 Å². The van der Waals surface area contributed by atoms with Gasteiger partial charge in [-0.15, -0.1) is 0 Å². The van der Waals surface area contributed by atoms with Gasteiger partial charge in [0.1, 0.15) is 12.4 Å². The number of hydrogen-bond donors (Lipinski definition) is 1. The zero-order valence-electron chi connectivity index (χ0n) is 13.1. The standard InChI is InChI=1S/C18H27NO2/c1-14-5-4-6-15(8-12-19)17(14)20-13-16-7-11-18(21-16)9-2-3-10-18/h4-6,16H,2-3,7-13,19H2,1H3. The molecule has 2 N–H and O–H groups in total. The van der Waals surface area contributed by atoms with E-state index in [2.05, 4.69) is 25.1 Å². The Morgan fingerprint density at radius 3 is 2.86 bits per heavy atom. The van der Waals surface area contributed by atoms with E-state index in [0.717, 1.165) is 18.6 Å². The van der Waals surface area contributed by atoms with Crippen LogP contribution in [-0.4, -0.2) is 24.9 Å². The second-order valence-electron chi connectivity index (χ2n) is 6.58. The lowest BCUT2D eigenvalue weighted by Crippen LogP contribution is -2.27. The molecule has 1 unspecified atom stereocenters. The summed E-state index contributed by atoms with van der Waals surface area (Å²) >= 11 is 0. The maximum absolute atomic E-state index is 6.32. The van der Waals surface area contributed by atoms with Crippen LogP contribution in [0.15, 0.2) is 18.2 Å². The Morgan fingerprint density at radius 2 is 2.10 bits per heavy atom. The van der Waals surface area contributed by atoms with E-state index in [9.17, 15) is 0 Å². The fourth-order valence-corrected chi connectivity index (χ4v) is 3.85. The van der Waals surface area contributed by atoms with Gasteiger partial charge in [-0.25, -0.2) is 0 Å². The van der Waals surface area contributed by atoms with Gasteiger partial charge in [0.15, 0.2) is 0 Å². The fourth-order valence-electron chi connectivity index (χ4n) is 3.85. The maximum Gasteiger partial charge on any atom is 0.125 e. The molecule has 1 aromatic carbocycles. The van der Waals surface area contributed by atoms with Gasteiger partial charge in [-0.05, 0) is 56.7 Å². The van der Waals surface area contributed by atoms with Gasteiger partial charge in [-0.3, -0.25) is 0 Å². The number of aryl methyl sites for hydroxylation is 1. The molecule has 0 radical (unpaired) electrons. The molecule has 116 valence electrons. The van der Waals surface area contributed by atoms with Crippen LogP contribution in [0.25, 0.3) is 0 Å². The molecule has 1 aliphatic carbocycles. The van der Waals surface area contributed by atoms with Crippen molar-refractivity contribution >= 4 is 0 Å². The zero-order chi connectivity index (χ0) is 14.7. The second-order valence-corrected chi connectivity index (χ2v) is 6.58. The predicted octanol–water partition coefficient (Wildman–Crippen LogP) is 3.37. The van der Waals surface area contributed by atoms with E-state index in [-0.39, 0.29) is 11.7 Å². The molecule has 0 amide bonds. The van der Waals surface area contributed by atoms with E-state index in [4.69, 9.17) is 15.2 Å². The Balaban J connectivity index is 1.60. The molecule has 1 saturated heterocycles. The van der Waals surface area contributed by atoms with Crippen LogP contribution in [0.3, 0.4) is 0 Å². The minimum Gasteiger partial charge on any atom is -0.490 e. The summed E-state index contributed by atoms with van der Waals surface area (Å²) in [6.07, 6.45) is 8.61. The SMILES string of the molecule is Cc1cccc(CCN)c1OCC1CCC2(CCCC2)O1. The molecular weight excluding hydrogens is 262 g/mol. The molecule has 1 atom stereocenters. The van der Waals surface area contributed by atoms with Crippen molar-refractivity contribution in [3.05, 3.63) is 29.3 Å².